The van der Waals surface area contributed by atoms with Crippen molar-refractivity contribution < 1.29 is 14.7 Å². The van der Waals surface area contributed by atoms with Gasteiger partial charge in [0.15, 0.2) is 5.78 Å². The van der Waals surface area contributed by atoms with Crippen LogP contribution in [0.15, 0.2) is 24.3 Å². The van der Waals surface area contributed by atoms with Gasteiger partial charge in [0.1, 0.15) is 0 Å². The molecule has 0 aliphatic heterocycles. The SMILES string of the molecule is CCCCCCCCCC(=O)C=CC=CCCCC(=O)O. The lowest BCUT2D eigenvalue weighted by Gasteiger charge is -1.99. The molecule has 0 rings (SSSR count). The molecule has 21 heavy (non-hydrogen) atoms. The van der Waals surface area contributed by atoms with Gasteiger partial charge >= 0.3 is 5.97 Å². The Hall–Kier alpha value is -1.38. The Labute approximate surface area is 129 Å². The van der Waals surface area contributed by atoms with E-state index < -0.39 is 5.97 Å². The second-order valence-electron chi connectivity index (χ2n) is 5.41. The molecule has 0 amide bonds. The molecule has 0 fully saturated rings. The third kappa shape index (κ3) is 16.6. The predicted octanol–water partition coefficient (Wildman–Crippen LogP) is 5.06. The van der Waals surface area contributed by atoms with Crippen LogP contribution in [-0.4, -0.2) is 16.9 Å². The van der Waals surface area contributed by atoms with E-state index in [4.69, 9.17) is 5.11 Å². The first-order valence-corrected chi connectivity index (χ1v) is 8.24. The van der Waals surface area contributed by atoms with Crippen molar-refractivity contribution in [2.45, 2.75) is 77.6 Å². The highest BCUT2D eigenvalue weighted by Gasteiger charge is 1.96. The number of rotatable bonds is 14. The number of allylic oxidation sites excluding steroid dienone is 4. The first kappa shape index (κ1) is 19.6. The van der Waals surface area contributed by atoms with Crippen LogP contribution in [0.4, 0.5) is 0 Å². The van der Waals surface area contributed by atoms with Gasteiger partial charge in [-0.25, -0.2) is 0 Å². The van der Waals surface area contributed by atoms with Crippen molar-refractivity contribution in [3.8, 4) is 0 Å². The van der Waals surface area contributed by atoms with Crippen molar-refractivity contribution in [3.05, 3.63) is 24.3 Å². The molecule has 3 heteroatoms. The first-order chi connectivity index (χ1) is 10.2. The summed E-state index contributed by atoms with van der Waals surface area (Å²) in [4.78, 5) is 21.9. The van der Waals surface area contributed by atoms with Crippen molar-refractivity contribution >= 4 is 11.8 Å². The molecule has 0 atom stereocenters. The lowest BCUT2D eigenvalue weighted by Crippen LogP contribution is -1.92. The lowest BCUT2D eigenvalue weighted by molar-refractivity contribution is -0.137. The molecule has 0 bridgehead atoms. The smallest absolute Gasteiger partial charge is 0.303 e. The number of ketones is 1. The van der Waals surface area contributed by atoms with Crippen LogP contribution < -0.4 is 0 Å². The Morgan fingerprint density at radius 1 is 0.857 bits per heavy atom. The maximum atomic E-state index is 11.6. The zero-order valence-electron chi connectivity index (χ0n) is 13.4. The van der Waals surface area contributed by atoms with Gasteiger partial charge in [0.25, 0.3) is 0 Å². The van der Waals surface area contributed by atoms with Gasteiger partial charge in [-0.1, -0.05) is 63.7 Å². The zero-order valence-corrected chi connectivity index (χ0v) is 13.4. The number of hydrogen-bond donors (Lipinski definition) is 1. The standard InChI is InChI=1S/C18H30O3/c1-2-3-4-5-6-8-11-14-17(19)15-12-9-7-10-13-16-18(20)21/h7,9,12,15H,2-6,8,10-11,13-14,16H2,1H3,(H,20,21). The fourth-order valence-corrected chi connectivity index (χ4v) is 2.05. The third-order valence-electron chi connectivity index (χ3n) is 3.32. The number of unbranched alkanes of at least 4 members (excludes halogenated alkanes) is 7. The van der Waals surface area contributed by atoms with E-state index in [1.165, 1.54) is 32.1 Å². The molecule has 3 nitrogen and oxygen atoms in total. The van der Waals surface area contributed by atoms with Crippen molar-refractivity contribution in [1.29, 1.82) is 0 Å². The summed E-state index contributed by atoms with van der Waals surface area (Å²) in [6.07, 6.45) is 17.9. The molecule has 0 saturated carbocycles. The minimum absolute atomic E-state index is 0.179. The molecule has 0 aromatic carbocycles. The van der Waals surface area contributed by atoms with Gasteiger partial charge in [0.05, 0.1) is 0 Å². The minimum Gasteiger partial charge on any atom is -0.481 e. The number of carboxylic acid groups (broad SMARTS) is 1. The van der Waals surface area contributed by atoms with Crippen molar-refractivity contribution in [3.63, 3.8) is 0 Å². The normalized spacial score (nSPS) is 11.5. The highest BCUT2D eigenvalue weighted by Crippen LogP contribution is 2.08. The Balaban J connectivity index is 3.45. The number of carbonyl (C=O) groups is 2. The summed E-state index contributed by atoms with van der Waals surface area (Å²) >= 11 is 0. The highest BCUT2D eigenvalue weighted by atomic mass is 16.4. The molecular formula is C18H30O3. The van der Waals surface area contributed by atoms with Crippen molar-refractivity contribution in [1.82, 2.24) is 0 Å². The van der Waals surface area contributed by atoms with Gasteiger partial charge in [-0.15, -0.1) is 0 Å². The Morgan fingerprint density at radius 3 is 2.19 bits per heavy atom. The summed E-state index contributed by atoms with van der Waals surface area (Å²) in [6, 6.07) is 0. The number of hydrogen-bond acceptors (Lipinski definition) is 2. The fraction of sp³-hybridized carbons (Fsp3) is 0.667. The largest absolute Gasteiger partial charge is 0.481 e. The van der Waals surface area contributed by atoms with E-state index in [-0.39, 0.29) is 12.2 Å². The third-order valence-corrected chi connectivity index (χ3v) is 3.32. The van der Waals surface area contributed by atoms with Gasteiger partial charge in [-0.2, -0.15) is 0 Å². The molecule has 0 radical (unpaired) electrons. The van der Waals surface area contributed by atoms with Crippen molar-refractivity contribution in [2.24, 2.45) is 0 Å². The van der Waals surface area contributed by atoms with Gasteiger partial charge in [0.2, 0.25) is 0 Å². The van der Waals surface area contributed by atoms with Gasteiger partial charge < -0.3 is 5.11 Å². The van der Waals surface area contributed by atoms with E-state index in [0.29, 0.717) is 12.8 Å². The molecule has 0 unspecified atom stereocenters. The molecule has 0 aromatic rings. The number of aliphatic carboxylic acids is 1. The van der Waals surface area contributed by atoms with Gasteiger partial charge in [-0.05, 0) is 25.3 Å². The van der Waals surface area contributed by atoms with Gasteiger partial charge in [-0.3, -0.25) is 9.59 Å². The highest BCUT2D eigenvalue weighted by molar-refractivity contribution is 5.89. The summed E-state index contributed by atoms with van der Waals surface area (Å²) in [6.45, 7) is 2.21. The molecule has 0 aliphatic rings. The second kappa shape index (κ2) is 15.0. The van der Waals surface area contributed by atoms with E-state index >= 15 is 0 Å². The van der Waals surface area contributed by atoms with E-state index in [2.05, 4.69) is 6.92 Å². The van der Waals surface area contributed by atoms with E-state index in [1.807, 2.05) is 12.2 Å². The molecule has 0 aliphatic carbocycles. The summed E-state index contributed by atoms with van der Waals surface area (Å²) < 4.78 is 0. The van der Waals surface area contributed by atoms with Crippen LogP contribution >= 0.6 is 0 Å². The number of carbonyl (C=O) groups excluding carboxylic acids is 1. The Kier molecular flexibility index (Phi) is 14.0. The minimum atomic E-state index is -0.760. The first-order valence-electron chi connectivity index (χ1n) is 8.24. The van der Waals surface area contributed by atoms with E-state index in [1.54, 1.807) is 12.2 Å². The molecule has 120 valence electrons. The molecule has 0 saturated heterocycles. The Bertz CT molecular complexity index is 329. The van der Waals surface area contributed by atoms with Crippen LogP contribution in [-0.2, 0) is 9.59 Å². The lowest BCUT2D eigenvalue weighted by atomic mass is 10.1. The van der Waals surface area contributed by atoms with Crippen LogP contribution in [0.1, 0.15) is 77.6 Å². The molecular weight excluding hydrogens is 264 g/mol. The van der Waals surface area contributed by atoms with E-state index in [9.17, 15) is 9.59 Å². The van der Waals surface area contributed by atoms with Crippen LogP contribution in [0.2, 0.25) is 0 Å². The average molecular weight is 294 g/mol. The summed E-state index contributed by atoms with van der Waals surface area (Å²) in [7, 11) is 0. The zero-order chi connectivity index (χ0) is 15.8. The molecule has 1 N–H and O–H groups in total. The maximum absolute atomic E-state index is 11.6. The van der Waals surface area contributed by atoms with E-state index in [0.717, 1.165) is 19.3 Å². The topological polar surface area (TPSA) is 54.4 Å². The van der Waals surface area contributed by atoms with Crippen LogP contribution in [0.25, 0.3) is 0 Å². The van der Waals surface area contributed by atoms with Crippen LogP contribution in [0.3, 0.4) is 0 Å². The summed E-state index contributed by atoms with van der Waals surface area (Å²) in [5.41, 5.74) is 0. The monoisotopic (exact) mass is 294 g/mol. The predicted molar refractivity (Wildman–Crippen MR) is 87.4 cm³/mol. The average Bonchev–Trinajstić information content (AvgIpc) is 2.45. The van der Waals surface area contributed by atoms with Crippen LogP contribution in [0.5, 0.6) is 0 Å². The quantitative estimate of drug-likeness (QED) is 0.277. The molecule has 0 aromatic heterocycles. The Morgan fingerprint density at radius 2 is 1.52 bits per heavy atom. The summed E-state index contributed by atoms with van der Waals surface area (Å²) in [5.74, 6) is -0.581. The fourth-order valence-electron chi connectivity index (χ4n) is 2.05. The number of carboxylic acids is 1. The summed E-state index contributed by atoms with van der Waals surface area (Å²) in [5, 5.41) is 8.47. The van der Waals surface area contributed by atoms with Gasteiger partial charge in [0, 0.05) is 12.8 Å². The second-order valence-corrected chi connectivity index (χ2v) is 5.41. The van der Waals surface area contributed by atoms with Crippen LogP contribution in [0, 0.1) is 0 Å². The van der Waals surface area contributed by atoms with Crippen molar-refractivity contribution in [2.75, 3.05) is 0 Å². The molecule has 0 heterocycles. The maximum Gasteiger partial charge on any atom is 0.303 e. The molecule has 0 spiro atoms.